The summed E-state index contributed by atoms with van der Waals surface area (Å²) in [4.78, 5) is 41.3. The van der Waals surface area contributed by atoms with Crippen LogP contribution in [0.1, 0.15) is 33.6 Å². The fraction of sp³-hybridized carbons (Fsp3) is 0.200. The number of carbonyl (C=O) groups excluding carboxylic acids is 2. The number of nitrogens with two attached hydrogens (primary N) is 4. The summed E-state index contributed by atoms with van der Waals surface area (Å²) >= 11 is 0. The van der Waals surface area contributed by atoms with Gasteiger partial charge in [0.15, 0.2) is 17.3 Å². The first kappa shape index (κ1) is 22.4. The van der Waals surface area contributed by atoms with Crippen LogP contribution in [0.5, 0.6) is 5.75 Å². The average molecular weight is 413 g/mol. The third-order valence-electron chi connectivity index (χ3n) is 4.27. The van der Waals surface area contributed by atoms with E-state index in [-0.39, 0.29) is 47.9 Å². The monoisotopic (exact) mass is 413 g/mol. The molecule has 1 atom stereocenters. The van der Waals surface area contributed by atoms with Crippen molar-refractivity contribution in [2.45, 2.75) is 18.4 Å². The van der Waals surface area contributed by atoms with E-state index in [0.717, 1.165) is 0 Å². The first-order valence-electron chi connectivity index (χ1n) is 8.94. The van der Waals surface area contributed by atoms with E-state index in [1.54, 1.807) is 18.2 Å². The molecular weight excluding hydrogens is 390 g/mol. The summed E-state index contributed by atoms with van der Waals surface area (Å²) in [5.41, 5.74) is 20.4. The van der Waals surface area contributed by atoms with E-state index in [4.69, 9.17) is 27.7 Å². The molecule has 0 fully saturated rings. The molecule has 2 aromatic carbocycles. The van der Waals surface area contributed by atoms with Crippen LogP contribution >= 0.6 is 0 Å². The number of carbonyl (C=O) groups is 3. The first-order chi connectivity index (χ1) is 14.1. The maximum absolute atomic E-state index is 13.1. The van der Waals surface area contributed by atoms with Crippen molar-refractivity contribution < 1.29 is 24.2 Å². The summed E-state index contributed by atoms with van der Waals surface area (Å²) in [6.45, 7) is 0.134. The van der Waals surface area contributed by atoms with Gasteiger partial charge in [-0.15, -0.1) is 0 Å². The SMILES string of the molecule is NC(N)=NCCCC(N)(C(=O)Oc1cc(N)ccc1C(=O)O)C(=O)c1ccccc1. The van der Waals surface area contributed by atoms with Crippen molar-refractivity contribution in [3.63, 3.8) is 0 Å². The smallest absolute Gasteiger partial charge is 0.339 e. The van der Waals surface area contributed by atoms with Crippen LogP contribution in [0.4, 0.5) is 5.69 Å². The first-order valence-corrected chi connectivity index (χ1v) is 8.94. The van der Waals surface area contributed by atoms with Crippen LogP contribution in [-0.4, -0.2) is 40.9 Å². The van der Waals surface area contributed by atoms with Crippen molar-refractivity contribution in [2.75, 3.05) is 12.3 Å². The van der Waals surface area contributed by atoms with Crippen molar-refractivity contribution >= 4 is 29.4 Å². The number of rotatable bonds is 9. The average Bonchev–Trinajstić information content (AvgIpc) is 2.70. The Balaban J connectivity index is 2.37. The molecule has 0 saturated heterocycles. The standard InChI is InChI=1S/C20H23N5O5/c21-13-7-8-14(17(27)28)15(11-13)30-18(29)20(24,9-4-10-25-19(22)23)16(26)12-5-2-1-3-6-12/h1-3,5-8,11H,4,9-10,21,24H2,(H,27,28)(H4,22,23,25). The molecule has 2 aromatic rings. The van der Waals surface area contributed by atoms with Crippen LogP contribution in [0.25, 0.3) is 0 Å². The molecule has 0 saturated carbocycles. The summed E-state index contributed by atoms with van der Waals surface area (Å²) in [7, 11) is 0. The fourth-order valence-electron chi connectivity index (χ4n) is 2.71. The number of nitrogens with zero attached hydrogens (tertiary/aromatic N) is 1. The van der Waals surface area contributed by atoms with E-state index in [1.807, 2.05) is 0 Å². The number of hydrogen-bond donors (Lipinski definition) is 5. The third kappa shape index (κ3) is 5.32. The molecule has 0 radical (unpaired) electrons. The summed E-state index contributed by atoms with van der Waals surface area (Å²) in [5.74, 6) is -3.58. The molecule has 0 aliphatic heterocycles. The van der Waals surface area contributed by atoms with Gasteiger partial charge in [0.05, 0.1) is 0 Å². The topological polar surface area (TPSA) is 197 Å². The van der Waals surface area contributed by atoms with Crippen molar-refractivity contribution in [1.29, 1.82) is 0 Å². The van der Waals surface area contributed by atoms with Crippen LogP contribution < -0.4 is 27.7 Å². The lowest BCUT2D eigenvalue weighted by atomic mass is 9.86. The van der Waals surface area contributed by atoms with Gasteiger partial charge in [-0.2, -0.15) is 0 Å². The number of nitrogen functional groups attached to an aromatic ring is 1. The van der Waals surface area contributed by atoms with Gasteiger partial charge in [0.1, 0.15) is 11.3 Å². The number of esters is 1. The summed E-state index contributed by atoms with van der Waals surface area (Å²) in [5, 5.41) is 9.32. The van der Waals surface area contributed by atoms with E-state index in [9.17, 15) is 19.5 Å². The predicted molar refractivity (Wildman–Crippen MR) is 111 cm³/mol. The highest BCUT2D eigenvalue weighted by atomic mass is 16.5. The van der Waals surface area contributed by atoms with Gasteiger partial charge < -0.3 is 32.8 Å². The van der Waals surface area contributed by atoms with Crippen molar-refractivity contribution in [2.24, 2.45) is 22.2 Å². The fourth-order valence-corrected chi connectivity index (χ4v) is 2.71. The quantitative estimate of drug-likeness (QED) is 0.0568. The molecule has 0 bridgehead atoms. The van der Waals surface area contributed by atoms with Gasteiger partial charge >= 0.3 is 11.9 Å². The number of anilines is 1. The van der Waals surface area contributed by atoms with Crippen LogP contribution in [0.2, 0.25) is 0 Å². The Morgan fingerprint density at radius 3 is 2.33 bits per heavy atom. The Bertz CT molecular complexity index is 973. The molecule has 0 spiro atoms. The second-order valence-corrected chi connectivity index (χ2v) is 6.53. The molecule has 0 heterocycles. The third-order valence-corrected chi connectivity index (χ3v) is 4.27. The Hall–Kier alpha value is -3.92. The molecule has 158 valence electrons. The molecule has 0 aromatic heterocycles. The number of hydrogen-bond acceptors (Lipinski definition) is 7. The Morgan fingerprint density at radius 1 is 1.07 bits per heavy atom. The molecule has 0 aliphatic rings. The number of benzene rings is 2. The molecule has 10 heteroatoms. The molecule has 2 rings (SSSR count). The minimum Gasteiger partial charge on any atom is -0.478 e. The van der Waals surface area contributed by atoms with Gasteiger partial charge in [-0.25, -0.2) is 9.59 Å². The molecule has 0 amide bonds. The Kier molecular flexibility index (Phi) is 7.10. The van der Waals surface area contributed by atoms with E-state index in [2.05, 4.69) is 4.99 Å². The number of aliphatic imine (C=N–C) groups is 1. The van der Waals surface area contributed by atoms with Crippen LogP contribution in [0.3, 0.4) is 0 Å². The van der Waals surface area contributed by atoms with Crippen LogP contribution in [0, 0.1) is 0 Å². The normalized spacial score (nSPS) is 12.4. The maximum Gasteiger partial charge on any atom is 0.339 e. The van der Waals surface area contributed by atoms with Gasteiger partial charge in [-0.05, 0) is 25.0 Å². The van der Waals surface area contributed by atoms with Crippen molar-refractivity contribution in [3.05, 3.63) is 59.7 Å². The summed E-state index contributed by atoms with van der Waals surface area (Å²) in [6.07, 6.45) is 0.0614. The highest BCUT2D eigenvalue weighted by molar-refractivity contribution is 6.16. The molecule has 1 unspecified atom stereocenters. The summed E-state index contributed by atoms with van der Waals surface area (Å²) in [6, 6.07) is 11.7. The zero-order chi connectivity index (χ0) is 22.3. The molecule has 0 aliphatic carbocycles. The molecule has 10 nitrogen and oxygen atoms in total. The van der Waals surface area contributed by atoms with Crippen molar-refractivity contribution in [1.82, 2.24) is 0 Å². The van der Waals surface area contributed by atoms with Crippen LogP contribution in [0.15, 0.2) is 53.5 Å². The highest BCUT2D eigenvalue weighted by Gasteiger charge is 2.44. The second-order valence-electron chi connectivity index (χ2n) is 6.53. The van der Waals surface area contributed by atoms with Gasteiger partial charge in [0, 0.05) is 23.9 Å². The van der Waals surface area contributed by atoms with Gasteiger partial charge in [-0.1, -0.05) is 30.3 Å². The zero-order valence-corrected chi connectivity index (χ0v) is 16.1. The Labute approximate surface area is 172 Å². The minimum absolute atomic E-state index is 0.134. The Morgan fingerprint density at radius 2 is 1.73 bits per heavy atom. The maximum atomic E-state index is 13.1. The van der Waals surface area contributed by atoms with E-state index < -0.39 is 23.3 Å². The van der Waals surface area contributed by atoms with E-state index in [1.165, 1.54) is 30.3 Å². The lowest BCUT2D eigenvalue weighted by Gasteiger charge is -2.26. The number of ether oxygens (including phenoxy) is 1. The highest BCUT2D eigenvalue weighted by Crippen LogP contribution is 2.26. The van der Waals surface area contributed by atoms with Crippen LogP contribution in [-0.2, 0) is 4.79 Å². The largest absolute Gasteiger partial charge is 0.478 e. The predicted octanol–water partition coefficient (Wildman–Crippen LogP) is 0.506. The second kappa shape index (κ2) is 9.52. The van der Waals surface area contributed by atoms with Gasteiger partial charge in [0.25, 0.3) is 0 Å². The number of carboxylic acids is 1. The summed E-state index contributed by atoms with van der Waals surface area (Å²) < 4.78 is 5.24. The molecular formula is C20H23N5O5. The number of aromatic carboxylic acids is 1. The molecule has 30 heavy (non-hydrogen) atoms. The number of carboxylic acid groups (broad SMARTS) is 1. The number of guanidine groups is 1. The molecule has 9 N–H and O–H groups in total. The number of Topliss-reactive ketones (excluding diaryl/α,β-unsaturated/α-hetero) is 1. The zero-order valence-electron chi connectivity index (χ0n) is 16.1. The number of ketones is 1. The van der Waals surface area contributed by atoms with Gasteiger partial charge in [-0.3, -0.25) is 9.79 Å². The van der Waals surface area contributed by atoms with E-state index in [0.29, 0.717) is 0 Å². The minimum atomic E-state index is -2.10. The lowest BCUT2D eigenvalue weighted by Crippen LogP contribution is -2.57. The van der Waals surface area contributed by atoms with E-state index >= 15 is 0 Å². The lowest BCUT2D eigenvalue weighted by molar-refractivity contribution is -0.138. The van der Waals surface area contributed by atoms with Crippen molar-refractivity contribution in [3.8, 4) is 5.75 Å². The van der Waals surface area contributed by atoms with Gasteiger partial charge in [0.2, 0.25) is 0 Å².